The molecule has 0 aromatic heterocycles. The number of hydrogen-bond donors (Lipinski definition) is 0. The molecular formula is C11H12O4S. The summed E-state index contributed by atoms with van der Waals surface area (Å²) in [7, 11) is -1.84. The first kappa shape index (κ1) is 11.1. The Morgan fingerprint density at radius 3 is 2.81 bits per heavy atom. The maximum Gasteiger partial charge on any atom is 0.337 e. The lowest BCUT2D eigenvalue weighted by molar-refractivity contribution is 0.0600. The predicted molar refractivity (Wildman–Crippen MR) is 58.2 cm³/mol. The van der Waals surface area contributed by atoms with Crippen molar-refractivity contribution in [3.05, 3.63) is 29.3 Å². The van der Waals surface area contributed by atoms with Crippen molar-refractivity contribution in [2.24, 2.45) is 0 Å². The summed E-state index contributed by atoms with van der Waals surface area (Å²) < 4.78 is 28.0. The largest absolute Gasteiger partial charge is 0.465 e. The molecule has 0 saturated heterocycles. The summed E-state index contributed by atoms with van der Waals surface area (Å²) in [5.41, 5.74) is 1.12. The van der Waals surface area contributed by atoms with Gasteiger partial charge in [0.2, 0.25) is 0 Å². The fourth-order valence-corrected chi connectivity index (χ4v) is 3.47. The molecule has 1 aliphatic heterocycles. The molecule has 1 aliphatic rings. The van der Waals surface area contributed by atoms with E-state index in [2.05, 4.69) is 4.74 Å². The average Bonchev–Trinajstić information content (AvgIpc) is 2.27. The molecule has 0 fully saturated rings. The van der Waals surface area contributed by atoms with Gasteiger partial charge in [-0.2, -0.15) is 0 Å². The normalized spacial score (nSPS) is 17.6. The van der Waals surface area contributed by atoms with Gasteiger partial charge in [-0.3, -0.25) is 0 Å². The van der Waals surface area contributed by atoms with Crippen molar-refractivity contribution < 1.29 is 17.9 Å². The van der Waals surface area contributed by atoms with Crippen molar-refractivity contribution in [2.75, 3.05) is 12.9 Å². The highest BCUT2D eigenvalue weighted by Gasteiger charge is 2.24. The molecule has 4 nitrogen and oxygen atoms in total. The highest BCUT2D eigenvalue weighted by atomic mass is 32.2. The highest BCUT2D eigenvalue weighted by molar-refractivity contribution is 7.91. The van der Waals surface area contributed by atoms with Crippen LogP contribution in [0, 0.1) is 0 Å². The van der Waals surface area contributed by atoms with Gasteiger partial charge >= 0.3 is 5.97 Å². The third-order valence-electron chi connectivity index (χ3n) is 2.68. The number of benzene rings is 1. The molecule has 0 aliphatic carbocycles. The Kier molecular flexibility index (Phi) is 2.71. The van der Waals surface area contributed by atoms with E-state index in [1.54, 1.807) is 6.07 Å². The topological polar surface area (TPSA) is 60.4 Å². The maximum atomic E-state index is 11.7. The molecule has 0 N–H and O–H groups in total. The second-order valence-corrected chi connectivity index (χ2v) is 5.81. The van der Waals surface area contributed by atoms with Gasteiger partial charge in [0.25, 0.3) is 0 Å². The third kappa shape index (κ3) is 1.82. The van der Waals surface area contributed by atoms with E-state index in [-0.39, 0.29) is 5.75 Å². The molecule has 0 saturated carbocycles. The van der Waals surface area contributed by atoms with Gasteiger partial charge in [0, 0.05) is 0 Å². The Morgan fingerprint density at radius 2 is 2.12 bits per heavy atom. The van der Waals surface area contributed by atoms with E-state index in [4.69, 9.17) is 0 Å². The molecule has 0 unspecified atom stereocenters. The zero-order valence-electron chi connectivity index (χ0n) is 8.89. The van der Waals surface area contributed by atoms with Gasteiger partial charge in [0.05, 0.1) is 23.3 Å². The van der Waals surface area contributed by atoms with Crippen LogP contribution in [0.5, 0.6) is 0 Å². The number of fused-ring (bicyclic) bond motifs is 1. The number of rotatable bonds is 1. The molecule has 2 rings (SSSR count). The summed E-state index contributed by atoms with van der Waals surface area (Å²) in [5, 5.41) is 0. The zero-order chi connectivity index (χ0) is 11.8. The van der Waals surface area contributed by atoms with Crippen LogP contribution in [0.1, 0.15) is 22.3 Å². The molecule has 0 amide bonds. The predicted octanol–water partition coefficient (Wildman–Crippen LogP) is 1.19. The van der Waals surface area contributed by atoms with Gasteiger partial charge in [-0.25, -0.2) is 13.2 Å². The second-order valence-electron chi connectivity index (χ2n) is 3.74. The number of hydrogen-bond acceptors (Lipinski definition) is 4. The molecule has 1 aromatic carbocycles. The summed E-state index contributed by atoms with van der Waals surface area (Å²) in [4.78, 5) is 11.6. The van der Waals surface area contributed by atoms with Crippen LogP contribution in [0.4, 0.5) is 0 Å². The summed E-state index contributed by atoms with van der Waals surface area (Å²) in [6, 6.07) is 4.60. The summed E-state index contributed by atoms with van der Waals surface area (Å²) in [6.45, 7) is 0. The second kappa shape index (κ2) is 3.90. The fourth-order valence-electron chi connectivity index (χ4n) is 1.89. The molecule has 5 heteroatoms. The minimum absolute atomic E-state index is 0.192. The zero-order valence-corrected chi connectivity index (χ0v) is 9.71. The number of esters is 1. The summed E-state index contributed by atoms with van der Waals surface area (Å²) in [5.74, 6) is -0.247. The minimum Gasteiger partial charge on any atom is -0.465 e. The lowest BCUT2D eigenvalue weighted by Crippen LogP contribution is -2.17. The van der Waals surface area contributed by atoms with E-state index < -0.39 is 15.8 Å². The van der Waals surface area contributed by atoms with Crippen LogP contribution < -0.4 is 0 Å². The molecule has 0 spiro atoms. The first-order chi connectivity index (χ1) is 7.54. The van der Waals surface area contributed by atoms with Crippen molar-refractivity contribution >= 4 is 15.8 Å². The SMILES string of the molecule is COC(=O)c1ccc2c(c1)CCCS2(=O)=O. The minimum atomic E-state index is -3.14. The highest BCUT2D eigenvalue weighted by Crippen LogP contribution is 2.25. The van der Waals surface area contributed by atoms with Crippen LogP contribution in [0.3, 0.4) is 0 Å². The first-order valence-corrected chi connectivity index (χ1v) is 6.64. The molecule has 0 atom stereocenters. The van der Waals surface area contributed by atoms with Crippen molar-refractivity contribution in [1.82, 2.24) is 0 Å². The van der Waals surface area contributed by atoms with Crippen LogP contribution in [-0.2, 0) is 21.0 Å². The molecule has 1 aromatic rings. The summed E-state index contributed by atoms with van der Waals surface area (Å²) >= 11 is 0. The van der Waals surface area contributed by atoms with E-state index in [9.17, 15) is 13.2 Å². The van der Waals surface area contributed by atoms with Gasteiger partial charge in [0.15, 0.2) is 9.84 Å². The number of aryl methyl sites for hydroxylation is 1. The standard InChI is InChI=1S/C11H12O4S/c1-15-11(12)9-4-5-10-8(7-9)3-2-6-16(10,13)14/h4-5,7H,2-3,6H2,1H3. The van der Waals surface area contributed by atoms with Crippen LogP contribution >= 0.6 is 0 Å². The number of carbonyl (C=O) groups is 1. The first-order valence-electron chi connectivity index (χ1n) is 4.98. The quantitative estimate of drug-likeness (QED) is 0.692. The van der Waals surface area contributed by atoms with Crippen molar-refractivity contribution in [3.8, 4) is 0 Å². The van der Waals surface area contributed by atoms with Crippen molar-refractivity contribution in [2.45, 2.75) is 17.7 Å². The van der Waals surface area contributed by atoms with Crippen LogP contribution in [0.2, 0.25) is 0 Å². The van der Waals surface area contributed by atoms with Gasteiger partial charge in [0.1, 0.15) is 0 Å². The molecule has 1 heterocycles. The Bertz CT molecular complexity index is 531. The van der Waals surface area contributed by atoms with E-state index in [0.717, 1.165) is 0 Å². The molecule has 86 valence electrons. The Balaban J connectivity index is 2.52. The van der Waals surface area contributed by atoms with Crippen LogP contribution in [0.15, 0.2) is 23.1 Å². The van der Waals surface area contributed by atoms with E-state index in [1.165, 1.54) is 19.2 Å². The van der Waals surface area contributed by atoms with Gasteiger partial charge in [-0.05, 0) is 36.6 Å². The lowest BCUT2D eigenvalue weighted by Gasteiger charge is -2.16. The lowest BCUT2D eigenvalue weighted by atomic mass is 10.1. The Morgan fingerprint density at radius 1 is 1.38 bits per heavy atom. The average molecular weight is 240 g/mol. The van der Waals surface area contributed by atoms with Gasteiger partial charge < -0.3 is 4.74 Å². The van der Waals surface area contributed by atoms with E-state index in [0.29, 0.717) is 28.9 Å². The summed E-state index contributed by atoms with van der Waals surface area (Å²) in [6.07, 6.45) is 1.30. The van der Waals surface area contributed by atoms with Crippen molar-refractivity contribution in [3.63, 3.8) is 0 Å². The van der Waals surface area contributed by atoms with Crippen LogP contribution in [-0.4, -0.2) is 27.2 Å². The number of sulfone groups is 1. The molecule has 0 radical (unpaired) electrons. The van der Waals surface area contributed by atoms with Gasteiger partial charge in [-0.1, -0.05) is 0 Å². The number of carbonyl (C=O) groups excluding carboxylic acids is 1. The monoisotopic (exact) mass is 240 g/mol. The number of ether oxygens (including phenoxy) is 1. The maximum absolute atomic E-state index is 11.7. The van der Waals surface area contributed by atoms with Crippen LogP contribution in [0.25, 0.3) is 0 Å². The number of methoxy groups -OCH3 is 1. The van der Waals surface area contributed by atoms with Crippen molar-refractivity contribution in [1.29, 1.82) is 0 Å². The molecule has 16 heavy (non-hydrogen) atoms. The van der Waals surface area contributed by atoms with E-state index in [1.807, 2.05) is 0 Å². The smallest absolute Gasteiger partial charge is 0.337 e. The fraction of sp³-hybridized carbons (Fsp3) is 0.364. The molecule has 0 bridgehead atoms. The Hall–Kier alpha value is -1.36. The third-order valence-corrected chi connectivity index (χ3v) is 4.57. The van der Waals surface area contributed by atoms with Gasteiger partial charge in [-0.15, -0.1) is 0 Å². The molecular weight excluding hydrogens is 228 g/mol. The Labute approximate surface area is 94.2 Å². The van der Waals surface area contributed by atoms with E-state index >= 15 is 0 Å².